The van der Waals surface area contributed by atoms with E-state index in [4.69, 9.17) is 5.11 Å². The molecular weight excluding hydrogens is 185 g/mol. The van der Waals surface area contributed by atoms with Gasteiger partial charge < -0.3 is 5.11 Å². The summed E-state index contributed by atoms with van der Waals surface area (Å²) in [5.41, 5.74) is -1.32. The van der Waals surface area contributed by atoms with Crippen LogP contribution in [0.3, 0.4) is 0 Å². The van der Waals surface area contributed by atoms with Gasteiger partial charge in [0.1, 0.15) is 11.7 Å². The van der Waals surface area contributed by atoms with Crippen molar-refractivity contribution in [2.45, 2.75) is 51.4 Å². The zero-order chi connectivity index (χ0) is 10.9. The number of hydrogen-bond donors (Lipinski definition) is 1. The molecule has 1 rings (SSSR count). The number of halogens is 1. The number of hydrogen-bond acceptors (Lipinski definition) is 2. The van der Waals surface area contributed by atoms with E-state index in [2.05, 4.69) is 0 Å². The number of rotatable bonds is 2. The van der Waals surface area contributed by atoms with Crippen molar-refractivity contribution in [1.82, 2.24) is 4.90 Å². The minimum atomic E-state index is -1.32. The van der Waals surface area contributed by atoms with Gasteiger partial charge in [-0.05, 0) is 27.2 Å². The van der Waals surface area contributed by atoms with Crippen LogP contribution in [0.2, 0.25) is 0 Å². The molecule has 1 saturated heterocycles. The van der Waals surface area contributed by atoms with Crippen LogP contribution >= 0.6 is 0 Å². The molecule has 0 amide bonds. The van der Waals surface area contributed by atoms with Crippen LogP contribution in [0.15, 0.2) is 0 Å². The molecule has 1 fully saturated rings. The molecule has 1 N–H and O–H groups in total. The number of carboxylic acid groups (broad SMARTS) is 1. The SMILES string of the molecule is CC(C)N1CCC(C)(F)C[C@H]1C(=O)O. The molecule has 1 heterocycles. The molecule has 0 spiro atoms. The van der Waals surface area contributed by atoms with Gasteiger partial charge in [0.25, 0.3) is 0 Å². The van der Waals surface area contributed by atoms with Gasteiger partial charge in [-0.2, -0.15) is 0 Å². The molecule has 2 atom stereocenters. The summed E-state index contributed by atoms with van der Waals surface area (Å²) in [6.07, 6.45) is 0.523. The van der Waals surface area contributed by atoms with Crippen LogP contribution in [0.5, 0.6) is 0 Å². The third-order valence-corrected chi connectivity index (χ3v) is 2.86. The number of likely N-dealkylation sites (tertiary alicyclic amines) is 1. The Kier molecular flexibility index (Phi) is 3.14. The Bertz CT molecular complexity index is 228. The molecule has 0 radical (unpaired) electrons. The van der Waals surface area contributed by atoms with Crippen molar-refractivity contribution in [3.05, 3.63) is 0 Å². The van der Waals surface area contributed by atoms with E-state index in [9.17, 15) is 9.18 Å². The van der Waals surface area contributed by atoms with Gasteiger partial charge in [-0.3, -0.25) is 9.69 Å². The molecule has 0 aromatic heterocycles. The highest BCUT2D eigenvalue weighted by atomic mass is 19.1. The Hall–Kier alpha value is -0.640. The van der Waals surface area contributed by atoms with Crippen LogP contribution in [-0.4, -0.2) is 40.3 Å². The van der Waals surface area contributed by atoms with E-state index < -0.39 is 17.7 Å². The number of carbonyl (C=O) groups is 1. The highest BCUT2D eigenvalue weighted by Gasteiger charge is 2.40. The average Bonchev–Trinajstić information content (AvgIpc) is 2.01. The fourth-order valence-electron chi connectivity index (χ4n) is 1.99. The first kappa shape index (κ1) is 11.4. The summed E-state index contributed by atoms with van der Waals surface area (Å²) in [5.74, 6) is -0.915. The summed E-state index contributed by atoms with van der Waals surface area (Å²) in [6, 6.07) is -0.508. The molecule has 0 saturated carbocycles. The highest BCUT2D eigenvalue weighted by Crippen LogP contribution is 2.31. The lowest BCUT2D eigenvalue weighted by atomic mass is 9.89. The first-order valence-corrected chi connectivity index (χ1v) is 5.01. The zero-order valence-corrected chi connectivity index (χ0v) is 8.96. The minimum Gasteiger partial charge on any atom is -0.480 e. The summed E-state index contributed by atoms with van der Waals surface area (Å²) in [5, 5.41) is 8.98. The molecule has 0 aromatic rings. The van der Waals surface area contributed by atoms with Crippen molar-refractivity contribution in [3.63, 3.8) is 0 Å². The molecule has 1 aliphatic heterocycles. The first-order chi connectivity index (χ1) is 6.33. The lowest BCUT2D eigenvalue weighted by molar-refractivity contribution is -0.148. The number of piperidine rings is 1. The summed E-state index contributed by atoms with van der Waals surface area (Å²) in [6.45, 7) is 5.90. The number of aliphatic carboxylic acids is 1. The number of carboxylic acids is 1. The Balaban J connectivity index is 2.76. The number of nitrogens with zero attached hydrogens (tertiary/aromatic N) is 1. The smallest absolute Gasteiger partial charge is 0.321 e. The van der Waals surface area contributed by atoms with E-state index in [-0.39, 0.29) is 12.5 Å². The summed E-state index contributed by atoms with van der Waals surface area (Å²) in [4.78, 5) is 12.8. The molecule has 14 heavy (non-hydrogen) atoms. The maximum Gasteiger partial charge on any atom is 0.321 e. The van der Waals surface area contributed by atoms with Crippen LogP contribution in [0.4, 0.5) is 4.39 Å². The van der Waals surface area contributed by atoms with Crippen molar-refractivity contribution in [1.29, 1.82) is 0 Å². The van der Waals surface area contributed by atoms with Crippen LogP contribution in [-0.2, 0) is 4.79 Å². The van der Waals surface area contributed by atoms with Gasteiger partial charge >= 0.3 is 5.97 Å². The van der Waals surface area contributed by atoms with Crippen molar-refractivity contribution in [3.8, 4) is 0 Å². The summed E-state index contributed by atoms with van der Waals surface area (Å²) >= 11 is 0. The maximum absolute atomic E-state index is 13.6. The second-order valence-electron chi connectivity index (χ2n) is 4.55. The Morgan fingerprint density at radius 3 is 2.64 bits per heavy atom. The fourth-order valence-corrected chi connectivity index (χ4v) is 1.99. The monoisotopic (exact) mass is 203 g/mol. The lowest BCUT2D eigenvalue weighted by Gasteiger charge is -2.41. The van der Waals surface area contributed by atoms with Crippen LogP contribution in [0.1, 0.15) is 33.6 Å². The number of alkyl halides is 1. The fraction of sp³-hybridized carbons (Fsp3) is 0.900. The molecule has 82 valence electrons. The van der Waals surface area contributed by atoms with Gasteiger partial charge in [0.05, 0.1) is 0 Å². The van der Waals surface area contributed by atoms with Gasteiger partial charge in [-0.1, -0.05) is 0 Å². The zero-order valence-electron chi connectivity index (χ0n) is 8.96. The largest absolute Gasteiger partial charge is 0.480 e. The van der Waals surface area contributed by atoms with Crippen molar-refractivity contribution >= 4 is 5.97 Å². The third-order valence-electron chi connectivity index (χ3n) is 2.86. The van der Waals surface area contributed by atoms with Gasteiger partial charge in [0.15, 0.2) is 0 Å². The third kappa shape index (κ3) is 2.44. The second kappa shape index (κ2) is 3.85. The van der Waals surface area contributed by atoms with Gasteiger partial charge in [0, 0.05) is 19.0 Å². The van der Waals surface area contributed by atoms with Crippen molar-refractivity contribution < 1.29 is 14.3 Å². The van der Waals surface area contributed by atoms with Gasteiger partial charge in [-0.25, -0.2) is 4.39 Å². The molecule has 0 bridgehead atoms. The van der Waals surface area contributed by atoms with E-state index in [0.717, 1.165) is 0 Å². The predicted molar refractivity (Wildman–Crippen MR) is 52.0 cm³/mol. The van der Waals surface area contributed by atoms with E-state index in [1.54, 1.807) is 0 Å². The standard InChI is InChI=1S/C10H18FNO2/c1-7(2)12-5-4-10(3,11)6-8(12)9(13)14/h7-8H,4-6H2,1-3H3,(H,13,14)/t8-,10?/m0/s1. The van der Waals surface area contributed by atoms with Gasteiger partial charge in [0.2, 0.25) is 0 Å². The Labute approximate surface area is 83.9 Å². The van der Waals surface area contributed by atoms with E-state index in [0.29, 0.717) is 13.0 Å². The molecular formula is C10H18FNO2. The Morgan fingerprint density at radius 1 is 1.64 bits per heavy atom. The van der Waals surface area contributed by atoms with Crippen LogP contribution in [0, 0.1) is 0 Å². The van der Waals surface area contributed by atoms with Crippen molar-refractivity contribution in [2.24, 2.45) is 0 Å². The van der Waals surface area contributed by atoms with E-state index in [1.807, 2.05) is 18.7 Å². The molecule has 1 aliphatic rings. The molecule has 0 aromatic carbocycles. The summed E-state index contributed by atoms with van der Waals surface area (Å²) < 4.78 is 13.6. The normalized spacial score (nSPS) is 34.8. The first-order valence-electron chi connectivity index (χ1n) is 5.01. The van der Waals surface area contributed by atoms with Crippen LogP contribution < -0.4 is 0 Å². The van der Waals surface area contributed by atoms with Crippen molar-refractivity contribution in [2.75, 3.05) is 6.54 Å². The van der Waals surface area contributed by atoms with E-state index in [1.165, 1.54) is 6.92 Å². The molecule has 3 nitrogen and oxygen atoms in total. The molecule has 0 aliphatic carbocycles. The summed E-state index contributed by atoms with van der Waals surface area (Å²) in [7, 11) is 0. The lowest BCUT2D eigenvalue weighted by Crippen LogP contribution is -2.53. The van der Waals surface area contributed by atoms with Crippen LogP contribution in [0.25, 0.3) is 0 Å². The molecule has 4 heteroatoms. The molecule has 1 unspecified atom stereocenters. The minimum absolute atomic E-state index is 0.0977. The predicted octanol–water partition coefficient (Wildman–Crippen LogP) is 1.67. The Morgan fingerprint density at radius 2 is 2.21 bits per heavy atom. The topological polar surface area (TPSA) is 40.5 Å². The quantitative estimate of drug-likeness (QED) is 0.742. The average molecular weight is 203 g/mol. The van der Waals surface area contributed by atoms with E-state index >= 15 is 0 Å². The highest BCUT2D eigenvalue weighted by molar-refractivity contribution is 5.73. The second-order valence-corrected chi connectivity index (χ2v) is 4.55. The maximum atomic E-state index is 13.6. The van der Waals surface area contributed by atoms with Gasteiger partial charge in [-0.15, -0.1) is 0 Å².